The van der Waals surface area contributed by atoms with Gasteiger partial charge in [0.15, 0.2) is 0 Å². The zero-order valence-electron chi connectivity index (χ0n) is 9.65. The quantitative estimate of drug-likeness (QED) is 0.486. The zero-order valence-corrected chi connectivity index (χ0v) is 10.6. The van der Waals surface area contributed by atoms with Gasteiger partial charge in [0, 0.05) is 24.3 Å². The molecule has 0 radical (unpaired) electrons. The summed E-state index contributed by atoms with van der Waals surface area (Å²) >= 11 is 0. The molecule has 7 heteroatoms. The van der Waals surface area contributed by atoms with E-state index in [2.05, 4.69) is 0 Å². The molecule has 2 aromatic carbocycles. The highest BCUT2D eigenvalue weighted by atomic mass is 31.1. The van der Waals surface area contributed by atoms with Crippen LogP contribution < -0.4 is 10.6 Å². The third kappa shape index (κ3) is 3.33. The van der Waals surface area contributed by atoms with E-state index in [0.717, 1.165) is 10.6 Å². The lowest BCUT2D eigenvalue weighted by Gasteiger charge is -2.02. The van der Waals surface area contributed by atoms with Crippen molar-refractivity contribution < 1.29 is 9.85 Å². The fraction of sp³-hybridized carbons (Fsp3) is 0. The molecule has 6 nitrogen and oxygen atoms in total. The minimum absolute atomic E-state index is 0.0235. The van der Waals surface area contributed by atoms with E-state index in [1.165, 1.54) is 24.3 Å². The van der Waals surface area contributed by atoms with Gasteiger partial charge in [-0.05, 0) is 10.6 Å². The fourth-order valence-corrected chi connectivity index (χ4v) is 2.69. The van der Waals surface area contributed by atoms with Crippen molar-refractivity contribution in [2.75, 3.05) is 0 Å². The molecule has 0 atom stereocenters. The van der Waals surface area contributed by atoms with Crippen molar-refractivity contribution in [3.05, 3.63) is 68.8 Å². The van der Waals surface area contributed by atoms with Gasteiger partial charge in [-0.15, -0.1) is 0 Å². The van der Waals surface area contributed by atoms with Crippen LogP contribution in [0.25, 0.3) is 0 Å². The fourth-order valence-electron chi connectivity index (χ4n) is 1.56. The Hall–Kier alpha value is -2.33. The van der Waals surface area contributed by atoms with E-state index in [1.807, 2.05) is 0 Å². The van der Waals surface area contributed by atoms with Crippen LogP contribution in [0.4, 0.5) is 11.4 Å². The summed E-state index contributed by atoms with van der Waals surface area (Å²) in [6.07, 6.45) is 0. The smallest absolute Gasteiger partial charge is 0.258 e. The zero-order chi connectivity index (χ0) is 13.8. The van der Waals surface area contributed by atoms with Gasteiger partial charge in [-0.2, -0.15) is 0 Å². The van der Waals surface area contributed by atoms with Gasteiger partial charge in [-0.3, -0.25) is 20.2 Å². The van der Waals surface area contributed by atoms with Crippen molar-refractivity contribution in [1.82, 2.24) is 0 Å². The van der Waals surface area contributed by atoms with Gasteiger partial charge >= 0.3 is 0 Å². The number of nitro benzene ring substituents is 2. The van der Waals surface area contributed by atoms with Gasteiger partial charge in [0.2, 0.25) is 0 Å². The summed E-state index contributed by atoms with van der Waals surface area (Å²) in [5.74, 6) is 0. The first-order chi connectivity index (χ1) is 9.06. The Bertz CT molecular complexity index is 590. The van der Waals surface area contributed by atoms with Gasteiger partial charge in [-0.1, -0.05) is 32.8 Å². The molecule has 0 N–H and O–H groups in total. The van der Waals surface area contributed by atoms with Crippen LogP contribution in [0.3, 0.4) is 0 Å². The monoisotopic (exact) mass is 276 g/mol. The van der Waals surface area contributed by atoms with E-state index in [0.29, 0.717) is 0 Å². The summed E-state index contributed by atoms with van der Waals surface area (Å²) in [4.78, 5) is 20.4. The van der Waals surface area contributed by atoms with E-state index in [-0.39, 0.29) is 20.0 Å². The molecule has 0 saturated carbocycles. The van der Waals surface area contributed by atoms with Gasteiger partial charge < -0.3 is 0 Å². The molecule has 0 amide bonds. The number of rotatable bonds is 4. The number of hydrogen-bond donors (Lipinski definition) is 0. The number of non-ortho nitro benzene ring substituents is 2. The lowest BCUT2D eigenvalue weighted by atomic mass is 10.3. The van der Waals surface area contributed by atoms with Crippen LogP contribution in [0.15, 0.2) is 48.5 Å². The number of nitro groups is 2. The molecule has 96 valence electrons. The summed E-state index contributed by atoms with van der Waals surface area (Å²) < 4.78 is 0. The second-order valence-corrected chi connectivity index (χ2v) is 5.14. The first-order valence-electron chi connectivity index (χ1n) is 5.32. The van der Waals surface area contributed by atoms with Crippen molar-refractivity contribution in [1.29, 1.82) is 0 Å². The SMILES string of the molecule is O=[N+]([O-])c1cccc(Pc2cccc([N+](=O)[O-])c2)c1. The Morgan fingerprint density at radius 1 is 0.789 bits per heavy atom. The van der Waals surface area contributed by atoms with Crippen molar-refractivity contribution in [3.63, 3.8) is 0 Å². The summed E-state index contributed by atoms with van der Waals surface area (Å²) in [7, 11) is 0.146. The van der Waals surface area contributed by atoms with Crippen molar-refractivity contribution >= 4 is 30.6 Å². The predicted molar refractivity (Wildman–Crippen MR) is 73.8 cm³/mol. The molecule has 0 fully saturated rings. The summed E-state index contributed by atoms with van der Waals surface area (Å²) in [6, 6.07) is 12.6. The van der Waals surface area contributed by atoms with E-state index < -0.39 is 9.85 Å². The molecular formula is C12H9N2O4P. The third-order valence-corrected chi connectivity index (χ3v) is 3.60. The molecule has 0 aliphatic carbocycles. The van der Waals surface area contributed by atoms with Gasteiger partial charge in [0.25, 0.3) is 11.4 Å². The molecule has 0 aliphatic rings. The third-order valence-electron chi connectivity index (χ3n) is 2.40. The van der Waals surface area contributed by atoms with Crippen LogP contribution in [-0.2, 0) is 0 Å². The van der Waals surface area contributed by atoms with Crippen LogP contribution in [0, 0.1) is 20.2 Å². The molecule has 0 spiro atoms. The lowest BCUT2D eigenvalue weighted by molar-refractivity contribution is -0.384. The van der Waals surface area contributed by atoms with Crippen molar-refractivity contribution in [2.45, 2.75) is 0 Å². The topological polar surface area (TPSA) is 86.3 Å². The van der Waals surface area contributed by atoms with Crippen LogP contribution in [0.1, 0.15) is 0 Å². The highest BCUT2D eigenvalue weighted by Gasteiger charge is 2.08. The largest absolute Gasteiger partial charge is 0.270 e. The summed E-state index contributed by atoms with van der Waals surface area (Å²) in [5.41, 5.74) is 0.0471. The maximum atomic E-state index is 10.7. The lowest BCUT2D eigenvalue weighted by Crippen LogP contribution is -2.05. The number of benzene rings is 2. The van der Waals surface area contributed by atoms with Gasteiger partial charge in [0.1, 0.15) is 0 Å². The normalized spacial score (nSPS) is 10.1. The van der Waals surface area contributed by atoms with Crippen LogP contribution in [0.2, 0.25) is 0 Å². The molecule has 2 rings (SSSR count). The van der Waals surface area contributed by atoms with Gasteiger partial charge in [0.05, 0.1) is 9.85 Å². The Morgan fingerprint density at radius 2 is 1.21 bits per heavy atom. The standard InChI is InChI=1S/C12H9N2O4P/c15-13(16)9-3-1-5-11(7-9)19-12-6-2-4-10(8-12)14(17)18/h1-8,19H. The van der Waals surface area contributed by atoms with Crippen LogP contribution in [-0.4, -0.2) is 9.85 Å². The highest BCUT2D eigenvalue weighted by Crippen LogP contribution is 2.18. The first-order valence-corrected chi connectivity index (χ1v) is 6.32. The molecule has 0 heterocycles. The minimum Gasteiger partial charge on any atom is -0.258 e. The maximum absolute atomic E-state index is 10.7. The highest BCUT2D eigenvalue weighted by molar-refractivity contribution is 7.55. The second-order valence-electron chi connectivity index (χ2n) is 3.74. The van der Waals surface area contributed by atoms with E-state index in [1.54, 1.807) is 24.3 Å². The Labute approximate surface area is 110 Å². The van der Waals surface area contributed by atoms with E-state index >= 15 is 0 Å². The molecule has 0 saturated heterocycles. The average molecular weight is 276 g/mol. The Balaban J connectivity index is 2.26. The molecule has 0 bridgehead atoms. The van der Waals surface area contributed by atoms with Crippen LogP contribution in [0.5, 0.6) is 0 Å². The molecule has 0 unspecified atom stereocenters. The minimum atomic E-state index is -0.457. The maximum Gasteiger partial charge on any atom is 0.270 e. The van der Waals surface area contributed by atoms with Crippen LogP contribution >= 0.6 is 8.58 Å². The first kappa shape index (κ1) is 13.1. The Kier molecular flexibility index (Phi) is 3.82. The average Bonchev–Trinajstić information content (AvgIpc) is 2.39. The van der Waals surface area contributed by atoms with E-state index in [4.69, 9.17) is 0 Å². The molecule has 0 aliphatic heterocycles. The molecule has 0 aromatic heterocycles. The summed E-state index contributed by atoms with van der Waals surface area (Å²) in [5, 5.41) is 22.9. The molecule has 2 aromatic rings. The van der Waals surface area contributed by atoms with Crippen molar-refractivity contribution in [3.8, 4) is 0 Å². The second kappa shape index (κ2) is 5.54. The summed E-state index contributed by atoms with van der Waals surface area (Å²) in [6.45, 7) is 0. The number of nitrogens with zero attached hydrogens (tertiary/aromatic N) is 2. The molecular weight excluding hydrogens is 267 g/mol. The Morgan fingerprint density at radius 3 is 1.58 bits per heavy atom. The molecule has 19 heavy (non-hydrogen) atoms. The van der Waals surface area contributed by atoms with E-state index in [9.17, 15) is 20.2 Å². The van der Waals surface area contributed by atoms with Crippen molar-refractivity contribution in [2.24, 2.45) is 0 Å². The number of hydrogen-bond acceptors (Lipinski definition) is 4. The predicted octanol–water partition coefficient (Wildman–Crippen LogP) is 2.13. The van der Waals surface area contributed by atoms with Gasteiger partial charge in [-0.25, -0.2) is 0 Å².